The van der Waals surface area contributed by atoms with Gasteiger partial charge < -0.3 is 39.0 Å². The van der Waals surface area contributed by atoms with Crippen LogP contribution >= 0.6 is 0 Å². The summed E-state index contributed by atoms with van der Waals surface area (Å²) in [6, 6.07) is 2.45. The third-order valence-electron chi connectivity index (χ3n) is 2.36. The van der Waals surface area contributed by atoms with Gasteiger partial charge in [0, 0.05) is 25.1 Å². The summed E-state index contributed by atoms with van der Waals surface area (Å²) in [4.78, 5) is 0. The van der Waals surface area contributed by atoms with E-state index in [-0.39, 0.29) is 36.0 Å². The molecule has 10 heteroatoms. The molecule has 0 bridgehead atoms. The molecule has 0 aliphatic carbocycles. The Morgan fingerprint density at radius 3 is 1.40 bits per heavy atom. The van der Waals surface area contributed by atoms with Gasteiger partial charge in [-0.15, -0.1) is 0 Å². The minimum absolute atomic E-state index is 0.00227. The summed E-state index contributed by atoms with van der Waals surface area (Å²) >= 11 is 0. The highest BCUT2D eigenvalue weighted by molar-refractivity contribution is 6.62. The second-order valence-electron chi connectivity index (χ2n) is 3.78. The van der Waals surface area contributed by atoms with Crippen molar-refractivity contribution in [1.82, 2.24) is 0 Å². The van der Waals surface area contributed by atoms with E-state index in [0.717, 1.165) is 0 Å². The van der Waals surface area contributed by atoms with Gasteiger partial charge in [0.25, 0.3) is 0 Å². The molecule has 8 nitrogen and oxygen atoms in total. The molecule has 1 aromatic rings. The van der Waals surface area contributed by atoms with Crippen molar-refractivity contribution in [3.63, 3.8) is 0 Å². The summed E-state index contributed by atoms with van der Waals surface area (Å²) < 4.78 is 19.7. The van der Waals surface area contributed by atoms with E-state index >= 15 is 0 Å². The van der Waals surface area contributed by atoms with Crippen LogP contribution in [0.4, 0.5) is 0 Å². The van der Waals surface area contributed by atoms with Gasteiger partial charge in [0.1, 0.15) is 11.5 Å². The van der Waals surface area contributed by atoms with Crippen LogP contribution in [-0.2, 0) is 9.47 Å². The van der Waals surface area contributed by atoms with Crippen molar-refractivity contribution in [3.05, 3.63) is 12.1 Å². The lowest BCUT2D eigenvalue weighted by Crippen LogP contribution is -2.38. The van der Waals surface area contributed by atoms with Gasteiger partial charge in [0.2, 0.25) is 0 Å². The van der Waals surface area contributed by atoms with Gasteiger partial charge in [-0.3, -0.25) is 0 Å². The summed E-state index contributed by atoms with van der Waals surface area (Å²) in [5.74, 6) is 0.0735. The summed E-state index contributed by atoms with van der Waals surface area (Å²) in [6.07, 6.45) is 0. The molecule has 1 aromatic carbocycles. The van der Waals surface area contributed by atoms with Crippen LogP contribution in [0.5, 0.6) is 11.5 Å². The van der Waals surface area contributed by atoms with Crippen LogP contribution in [0.2, 0.25) is 0 Å². The molecule has 20 heavy (non-hydrogen) atoms. The number of hydrogen-bond donors (Lipinski definition) is 4. The standard InChI is InChI=1S/C10H16B2O8/c1-17-5-19-9-3-8(12(15)16)10(20-6-18-2)4-7(9)11(13)14/h3-4,13-16H,5-6H2,1-2H3. The van der Waals surface area contributed by atoms with Crippen molar-refractivity contribution < 1.29 is 39.0 Å². The van der Waals surface area contributed by atoms with Gasteiger partial charge in [-0.1, -0.05) is 0 Å². The van der Waals surface area contributed by atoms with Gasteiger partial charge in [-0.2, -0.15) is 0 Å². The number of ether oxygens (including phenoxy) is 4. The average molecular weight is 286 g/mol. The highest BCUT2D eigenvalue weighted by Crippen LogP contribution is 2.15. The van der Waals surface area contributed by atoms with Gasteiger partial charge in [-0.25, -0.2) is 0 Å². The lowest BCUT2D eigenvalue weighted by molar-refractivity contribution is 0.0493. The maximum Gasteiger partial charge on any atom is 0.492 e. The van der Waals surface area contributed by atoms with Crippen LogP contribution in [-0.4, -0.2) is 62.1 Å². The number of hydrogen-bond acceptors (Lipinski definition) is 8. The molecule has 1 rings (SSSR count). The fourth-order valence-electron chi connectivity index (χ4n) is 1.49. The van der Waals surface area contributed by atoms with E-state index in [2.05, 4.69) is 0 Å². The molecule has 0 aliphatic rings. The molecule has 0 heterocycles. The normalized spacial score (nSPS) is 10.3. The quantitative estimate of drug-likeness (QED) is 0.295. The Morgan fingerprint density at radius 2 is 1.15 bits per heavy atom. The molecule has 0 spiro atoms. The Morgan fingerprint density at radius 1 is 0.800 bits per heavy atom. The average Bonchev–Trinajstić information content (AvgIpc) is 2.42. The molecule has 0 aromatic heterocycles. The molecule has 0 saturated heterocycles. The zero-order chi connectivity index (χ0) is 15.1. The second-order valence-corrected chi connectivity index (χ2v) is 3.78. The second kappa shape index (κ2) is 8.10. The zero-order valence-corrected chi connectivity index (χ0v) is 11.1. The molecule has 0 radical (unpaired) electrons. The summed E-state index contributed by atoms with van der Waals surface area (Å²) in [5, 5.41) is 37.2. The number of methoxy groups -OCH3 is 2. The SMILES string of the molecule is COCOc1cc(B(O)O)c(OCOC)cc1B(O)O. The van der Waals surface area contributed by atoms with Crippen LogP contribution in [0, 0.1) is 0 Å². The van der Waals surface area contributed by atoms with Crippen molar-refractivity contribution in [1.29, 1.82) is 0 Å². The molecule has 0 aliphatic heterocycles. The Labute approximate surface area is 116 Å². The Hall–Kier alpha value is -1.29. The summed E-state index contributed by atoms with van der Waals surface area (Å²) in [6.45, 7) is -0.280. The highest BCUT2D eigenvalue weighted by Gasteiger charge is 2.25. The Bertz CT molecular complexity index is 386. The van der Waals surface area contributed by atoms with Gasteiger partial charge >= 0.3 is 14.2 Å². The first-order chi connectivity index (χ1) is 9.51. The predicted molar refractivity (Wildman–Crippen MR) is 71.1 cm³/mol. The first-order valence-corrected chi connectivity index (χ1v) is 5.64. The third-order valence-corrected chi connectivity index (χ3v) is 2.36. The van der Waals surface area contributed by atoms with E-state index < -0.39 is 14.2 Å². The van der Waals surface area contributed by atoms with E-state index in [1.54, 1.807) is 0 Å². The van der Waals surface area contributed by atoms with E-state index in [0.29, 0.717) is 0 Å². The predicted octanol–water partition coefficient (Wildman–Crippen LogP) is -2.99. The molecule has 0 unspecified atom stereocenters. The molecule has 0 atom stereocenters. The first kappa shape index (κ1) is 16.8. The van der Waals surface area contributed by atoms with Crippen LogP contribution in [0.15, 0.2) is 12.1 Å². The lowest BCUT2D eigenvalue weighted by atomic mass is 9.73. The maximum atomic E-state index is 9.31. The van der Waals surface area contributed by atoms with E-state index in [9.17, 15) is 20.1 Å². The molecular weight excluding hydrogens is 270 g/mol. The Kier molecular flexibility index (Phi) is 6.79. The van der Waals surface area contributed by atoms with Gasteiger partial charge in [0.05, 0.1) is 0 Å². The minimum atomic E-state index is -1.82. The molecule has 4 N–H and O–H groups in total. The van der Waals surface area contributed by atoms with Crippen LogP contribution in [0.3, 0.4) is 0 Å². The highest BCUT2D eigenvalue weighted by atomic mass is 16.7. The smallest absolute Gasteiger partial charge is 0.468 e. The molecular formula is C10H16B2O8. The van der Waals surface area contributed by atoms with Crippen LogP contribution in [0.25, 0.3) is 0 Å². The summed E-state index contributed by atoms with van der Waals surface area (Å²) in [7, 11) is -0.854. The van der Waals surface area contributed by atoms with E-state index in [1.807, 2.05) is 0 Å². The van der Waals surface area contributed by atoms with Crippen molar-refractivity contribution in [2.24, 2.45) is 0 Å². The minimum Gasteiger partial charge on any atom is -0.468 e. The largest absolute Gasteiger partial charge is 0.492 e. The van der Waals surface area contributed by atoms with Crippen LogP contribution < -0.4 is 20.4 Å². The number of rotatable bonds is 8. The number of benzene rings is 1. The molecule has 110 valence electrons. The zero-order valence-electron chi connectivity index (χ0n) is 11.1. The fourth-order valence-corrected chi connectivity index (χ4v) is 1.49. The van der Waals surface area contributed by atoms with Crippen molar-refractivity contribution >= 4 is 25.2 Å². The van der Waals surface area contributed by atoms with Crippen molar-refractivity contribution in [3.8, 4) is 11.5 Å². The molecule has 0 fully saturated rings. The topological polar surface area (TPSA) is 118 Å². The lowest BCUT2D eigenvalue weighted by Gasteiger charge is -2.16. The van der Waals surface area contributed by atoms with E-state index in [1.165, 1.54) is 26.4 Å². The third kappa shape index (κ3) is 4.37. The fraction of sp³-hybridized carbons (Fsp3) is 0.400. The summed E-state index contributed by atoms with van der Waals surface area (Å²) in [5.41, 5.74) is -0.00453. The van der Waals surface area contributed by atoms with E-state index in [4.69, 9.17) is 18.9 Å². The first-order valence-electron chi connectivity index (χ1n) is 5.64. The van der Waals surface area contributed by atoms with Gasteiger partial charge in [0.15, 0.2) is 13.6 Å². The van der Waals surface area contributed by atoms with Crippen molar-refractivity contribution in [2.75, 3.05) is 27.8 Å². The Balaban J connectivity index is 3.19. The van der Waals surface area contributed by atoms with Gasteiger partial charge in [-0.05, 0) is 12.1 Å². The maximum absolute atomic E-state index is 9.31. The van der Waals surface area contributed by atoms with Crippen LogP contribution in [0.1, 0.15) is 0 Å². The molecule has 0 saturated carbocycles. The molecule has 0 amide bonds. The van der Waals surface area contributed by atoms with Crippen molar-refractivity contribution in [2.45, 2.75) is 0 Å². The monoisotopic (exact) mass is 286 g/mol.